The minimum absolute atomic E-state index is 0.272. The Morgan fingerprint density at radius 3 is 2.24 bits per heavy atom. The minimum atomic E-state index is -0.272. The quantitative estimate of drug-likeness (QED) is 0.500. The third kappa shape index (κ3) is 4.25. The molecular formula is C26H24N2O5. The molecule has 0 fully saturated rings. The highest BCUT2D eigenvalue weighted by Crippen LogP contribution is 2.35. The predicted molar refractivity (Wildman–Crippen MR) is 128 cm³/mol. The van der Waals surface area contributed by atoms with E-state index in [0.717, 1.165) is 11.1 Å². The van der Waals surface area contributed by atoms with Crippen molar-refractivity contribution in [3.63, 3.8) is 0 Å². The first-order valence-electron chi connectivity index (χ1n) is 10.2. The Morgan fingerprint density at radius 1 is 0.758 bits per heavy atom. The summed E-state index contributed by atoms with van der Waals surface area (Å²) in [6, 6.07) is 20.2. The van der Waals surface area contributed by atoms with Crippen LogP contribution in [0.4, 0.5) is 5.69 Å². The van der Waals surface area contributed by atoms with E-state index in [2.05, 4.69) is 0 Å². The second-order valence-corrected chi connectivity index (χ2v) is 7.12. The van der Waals surface area contributed by atoms with Crippen molar-refractivity contribution in [2.24, 2.45) is 4.99 Å². The Kier molecular flexibility index (Phi) is 6.31. The van der Waals surface area contributed by atoms with Gasteiger partial charge < -0.3 is 18.9 Å². The smallest absolute Gasteiger partial charge is 0.282 e. The van der Waals surface area contributed by atoms with Gasteiger partial charge in [0, 0.05) is 17.2 Å². The maximum Gasteiger partial charge on any atom is 0.282 e. The maximum atomic E-state index is 13.6. The third-order valence-electron chi connectivity index (χ3n) is 5.24. The van der Waals surface area contributed by atoms with Gasteiger partial charge >= 0.3 is 0 Å². The molecule has 1 aliphatic rings. The average Bonchev–Trinajstić information content (AvgIpc) is 3.19. The first kappa shape index (κ1) is 22.0. The molecule has 0 aromatic heterocycles. The second kappa shape index (κ2) is 9.48. The molecule has 7 nitrogen and oxygen atoms in total. The van der Waals surface area contributed by atoms with Crippen LogP contribution in [0.1, 0.15) is 11.1 Å². The molecule has 0 saturated carbocycles. The summed E-state index contributed by atoms with van der Waals surface area (Å²) in [5, 5.41) is 0. The fourth-order valence-electron chi connectivity index (χ4n) is 3.61. The van der Waals surface area contributed by atoms with Gasteiger partial charge in [0.1, 0.15) is 23.0 Å². The summed E-state index contributed by atoms with van der Waals surface area (Å²) in [5.74, 6) is 2.60. The SMILES string of the molecule is COc1cccc(C2=NC(=Cc3ccccc3OC)C(=O)N2c2ccc(OC)c(OC)c2)c1. The van der Waals surface area contributed by atoms with Gasteiger partial charge in [-0.3, -0.25) is 9.69 Å². The van der Waals surface area contributed by atoms with E-state index in [4.69, 9.17) is 23.9 Å². The number of ether oxygens (including phenoxy) is 4. The number of rotatable bonds is 7. The molecule has 33 heavy (non-hydrogen) atoms. The van der Waals surface area contributed by atoms with Gasteiger partial charge in [-0.1, -0.05) is 30.3 Å². The van der Waals surface area contributed by atoms with Crippen LogP contribution >= 0.6 is 0 Å². The van der Waals surface area contributed by atoms with Crippen LogP contribution in [0.2, 0.25) is 0 Å². The number of para-hydroxylation sites is 1. The summed E-state index contributed by atoms with van der Waals surface area (Å²) >= 11 is 0. The van der Waals surface area contributed by atoms with Crippen LogP contribution in [0.15, 0.2) is 77.4 Å². The molecule has 0 saturated heterocycles. The third-order valence-corrected chi connectivity index (χ3v) is 5.24. The lowest BCUT2D eigenvalue weighted by molar-refractivity contribution is -0.113. The van der Waals surface area contributed by atoms with Crippen LogP contribution in [0.3, 0.4) is 0 Å². The molecule has 4 rings (SSSR count). The molecule has 1 aliphatic heterocycles. The van der Waals surface area contributed by atoms with Gasteiger partial charge in [0.2, 0.25) is 0 Å². The molecule has 1 heterocycles. The van der Waals surface area contributed by atoms with Crippen molar-refractivity contribution in [3.05, 3.63) is 83.6 Å². The van der Waals surface area contributed by atoms with Crippen molar-refractivity contribution in [2.75, 3.05) is 33.3 Å². The molecule has 0 spiro atoms. The first-order chi connectivity index (χ1) is 16.1. The van der Waals surface area contributed by atoms with Crippen LogP contribution in [0.5, 0.6) is 23.0 Å². The van der Waals surface area contributed by atoms with Crippen molar-refractivity contribution in [1.82, 2.24) is 0 Å². The van der Waals surface area contributed by atoms with Gasteiger partial charge in [0.25, 0.3) is 5.91 Å². The Labute approximate surface area is 192 Å². The summed E-state index contributed by atoms with van der Waals surface area (Å²) in [5.41, 5.74) is 2.38. The molecule has 0 atom stereocenters. The molecule has 0 unspecified atom stereocenters. The first-order valence-corrected chi connectivity index (χ1v) is 10.2. The lowest BCUT2D eigenvalue weighted by Gasteiger charge is -2.20. The largest absolute Gasteiger partial charge is 0.497 e. The number of hydrogen-bond acceptors (Lipinski definition) is 6. The number of carbonyl (C=O) groups is 1. The zero-order valence-electron chi connectivity index (χ0n) is 18.9. The molecule has 0 aliphatic carbocycles. The Hall–Kier alpha value is -4.26. The zero-order chi connectivity index (χ0) is 23.4. The van der Waals surface area contributed by atoms with Crippen LogP contribution in [-0.4, -0.2) is 40.2 Å². The van der Waals surface area contributed by atoms with E-state index in [9.17, 15) is 4.79 Å². The molecule has 168 valence electrons. The highest BCUT2D eigenvalue weighted by molar-refractivity contribution is 6.33. The standard InChI is InChI=1S/C26H24N2O5/c1-30-20-10-7-9-18(14-20)25-27-21(15-17-8-5-6-11-22(17)31-2)26(29)28(25)19-12-13-23(32-3)24(16-19)33-4/h5-16H,1-4H3. The molecule has 7 heteroatoms. The molecule has 3 aromatic rings. The number of anilines is 1. The van der Waals surface area contributed by atoms with E-state index in [1.165, 1.54) is 0 Å². The Balaban J connectivity index is 1.86. The van der Waals surface area contributed by atoms with Crippen molar-refractivity contribution in [2.45, 2.75) is 0 Å². The number of amides is 1. The number of methoxy groups -OCH3 is 4. The van der Waals surface area contributed by atoms with E-state index < -0.39 is 0 Å². The van der Waals surface area contributed by atoms with Gasteiger partial charge in [0.15, 0.2) is 11.5 Å². The summed E-state index contributed by atoms with van der Waals surface area (Å²) in [6.07, 6.45) is 1.72. The predicted octanol–water partition coefficient (Wildman–Crippen LogP) is 4.56. The topological polar surface area (TPSA) is 69.6 Å². The van der Waals surface area contributed by atoms with Crippen molar-refractivity contribution < 1.29 is 23.7 Å². The average molecular weight is 444 g/mol. The summed E-state index contributed by atoms with van der Waals surface area (Å²) in [4.78, 5) is 19.9. The van der Waals surface area contributed by atoms with Crippen molar-refractivity contribution >= 4 is 23.5 Å². The van der Waals surface area contributed by atoms with E-state index in [1.54, 1.807) is 57.6 Å². The zero-order valence-corrected chi connectivity index (χ0v) is 18.9. The van der Waals surface area contributed by atoms with E-state index in [0.29, 0.717) is 34.5 Å². The van der Waals surface area contributed by atoms with E-state index in [1.807, 2.05) is 48.5 Å². The number of amidine groups is 1. The monoisotopic (exact) mass is 444 g/mol. The van der Waals surface area contributed by atoms with Crippen molar-refractivity contribution in [3.8, 4) is 23.0 Å². The highest BCUT2D eigenvalue weighted by Gasteiger charge is 2.33. The summed E-state index contributed by atoms with van der Waals surface area (Å²) < 4.78 is 21.6. The van der Waals surface area contributed by atoms with Crippen LogP contribution in [0.25, 0.3) is 6.08 Å². The molecule has 1 amide bonds. The van der Waals surface area contributed by atoms with Crippen LogP contribution in [0, 0.1) is 0 Å². The van der Waals surface area contributed by atoms with Gasteiger partial charge in [-0.15, -0.1) is 0 Å². The van der Waals surface area contributed by atoms with E-state index >= 15 is 0 Å². The summed E-state index contributed by atoms with van der Waals surface area (Å²) in [7, 11) is 6.31. The number of carbonyl (C=O) groups excluding carboxylic acids is 1. The molecule has 3 aromatic carbocycles. The number of benzene rings is 3. The minimum Gasteiger partial charge on any atom is -0.497 e. The van der Waals surface area contributed by atoms with Crippen LogP contribution < -0.4 is 23.8 Å². The summed E-state index contributed by atoms with van der Waals surface area (Å²) in [6.45, 7) is 0. The van der Waals surface area contributed by atoms with E-state index in [-0.39, 0.29) is 11.6 Å². The van der Waals surface area contributed by atoms with Gasteiger partial charge in [-0.05, 0) is 36.4 Å². The maximum absolute atomic E-state index is 13.6. The van der Waals surface area contributed by atoms with Gasteiger partial charge in [-0.25, -0.2) is 4.99 Å². The molecule has 0 bridgehead atoms. The fraction of sp³-hybridized carbons (Fsp3) is 0.154. The fourth-order valence-corrected chi connectivity index (χ4v) is 3.61. The van der Waals surface area contributed by atoms with Gasteiger partial charge in [-0.2, -0.15) is 0 Å². The lowest BCUT2D eigenvalue weighted by atomic mass is 10.1. The number of aliphatic imine (C=N–C) groups is 1. The molecule has 0 N–H and O–H groups in total. The van der Waals surface area contributed by atoms with Gasteiger partial charge in [0.05, 0.1) is 34.1 Å². The number of hydrogen-bond donors (Lipinski definition) is 0. The van der Waals surface area contributed by atoms with Crippen molar-refractivity contribution in [1.29, 1.82) is 0 Å². The number of nitrogens with zero attached hydrogens (tertiary/aromatic N) is 2. The molecular weight excluding hydrogens is 420 g/mol. The molecule has 0 radical (unpaired) electrons. The lowest BCUT2D eigenvalue weighted by Crippen LogP contribution is -2.32. The second-order valence-electron chi connectivity index (χ2n) is 7.12. The van der Waals surface area contributed by atoms with Crippen LogP contribution in [-0.2, 0) is 4.79 Å². The Morgan fingerprint density at radius 2 is 1.52 bits per heavy atom. The highest BCUT2D eigenvalue weighted by atomic mass is 16.5. The normalized spacial score (nSPS) is 14.3. The Bertz CT molecular complexity index is 1250.